The molecule has 0 radical (unpaired) electrons. The molecule has 1 aromatic carbocycles. The maximum Gasteiger partial charge on any atom is 0.170 e. The van der Waals surface area contributed by atoms with E-state index in [4.69, 9.17) is 4.74 Å². The summed E-state index contributed by atoms with van der Waals surface area (Å²) in [6.45, 7) is 0. The van der Waals surface area contributed by atoms with Crippen LogP contribution >= 0.6 is 22.6 Å². The maximum absolute atomic E-state index is 11.9. The second-order valence-corrected chi connectivity index (χ2v) is 5.62. The summed E-state index contributed by atoms with van der Waals surface area (Å²) < 4.78 is 7.10. The maximum atomic E-state index is 11.9. The van der Waals surface area contributed by atoms with Gasteiger partial charge in [-0.25, -0.2) is 0 Å². The number of rotatable bonds is 0. The van der Waals surface area contributed by atoms with Crippen molar-refractivity contribution in [1.82, 2.24) is 0 Å². The SMILES string of the molecule is O=C1CC2(CCC2)Oc2cc(I)ccc21. The lowest BCUT2D eigenvalue weighted by atomic mass is 9.74. The average Bonchev–Trinajstić information content (AvgIpc) is 2.14. The summed E-state index contributed by atoms with van der Waals surface area (Å²) in [5.41, 5.74) is 0.613. The normalized spacial score (nSPS) is 21.8. The molecule has 0 amide bonds. The highest BCUT2D eigenvalue weighted by molar-refractivity contribution is 14.1. The first-order valence-corrected chi connectivity index (χ1v) is 6.28. The summed E-state index contributed by atoms with van der Waals surface area (Å²) in [6, 6.07) is 5.80. The Kier molecular flexibility index (Phi) is 2.06. The average molecular weight is 314 g/mol. The minimum atomic E-state index is -0.144. The minimum absolute atomic E-state index is 0.144. The molecule has 1 heterocycles. The number of ketones is 1. The van der Waals surface area contributed by atoms with Crippen molar-refractivity contribution in [3.8, 4) is 5.75 Å². The van der Waals surface area contributed by atoms with Gasteiger partial charge in [0.2, 0.25) is 0 Å². The van der Waals surface area contributed by atoms with Gasteiger partial charge in [0.1, 0.15) is 11.4 Å². The topological polar surface area (TPSA) is 26.3 Å². The van der Waals surface area contributed by atoms with E-state index in [1.54, 1.807) is 0 Å². The molecule has 0 unspecified atom stereocenters. The lowest BCUT2D eigenvalue weighted by molar-refractivity contribution is -0.0177. The highest BCUT2D eigenvalue weighted by Gasteiger charge is 2.45. The Morgan fingerprint density at radius 1 is 1.33 bits per heavy atom. The second kappa shape index (κ2) is 3.20. The molecular formula is C12H11IO2. The lowest BCUT2D eigenvalue weighted by Gasteiger charge is -2.44. The number of carbonyl (C=O) groups is 1. The molecule has 1 aromatic rings. The Hall–Kier alpha value is -0.580. The van der Waals surface area contributed by atoms with E-state index in [2.05, 4.69) is 22.6 Å². The van der Waals surface area contributed by atoms with Crippen LogP contribution in [0.2, 0.25) is 0 Å². The molecule has 78 valence electrons. The molecule has 2 nitrogen and oxygen atoms in total. The summed E-state index contributed by atoms with van der Waals surface area (Å²) in [5, 5.41) is 0. The summed E-state index contributed by atoms with van der Waals surface area (Å²) in [7, 11) is 0. The van der Waals surface area contributed by atoms with E-state index >= 15 is 0 Å². The van der Waals surface area contributed by atoms with Crippen molar-refractivity contribution in [3.05, 3.63) is 27.3 Å². The molecule has 0 saturated heterocycles. The van der Waals surface area contributed by atoms with Crippen LogP contribution in [0.4, 0.5) is 0 Å². The van der Waals surface area contributed by atoms with Crippen molar-refractivity contribution in [2.75, 3.05) is 0 Å². The third-order valence-electron chi connectivity index (χ3n) is 3.32. The van der Waals surface area contributed by atoms with Gasteiger partial charge in [0.25, 0.3) is 0 Å². The molecule has 1 aliphatic carbocycles. The molecule has 0 atom stereocenters. The predicted octanol–water partition coefficient (Wildman–Crippen LogP) is 3.18. The zero-order valence-corrected chi connectivity index (χ0v) is 10.4. The number of Topliss-reactive ketones (excluding diaryl/α,β-unsaturated/α-hetero) is 1. The largest absolute Gasteiger partial charge is 0.486 e. The van der Waals surface area contributed by atoms with Gasteiger partial charge in [-0.3, -0.25) is 4.79 Å². The molecule has 1 saturated carbocycles. The molecule has 0 aromatic heterocycles. The molecule has 1 aliphatic heterocycles. The molecule has 2 aliphatic rings. The van der Waals surface area contributed by atoms with Crippen molar-refractivity contribution in [3.63, 3.8) is 0 Å². The van der Waals surface area contributed by atoms with Gasteiger partial charge in [0.15, 0.2) is 5.78 Å². The first-order chi connectivity index (χ1) is 7.19. The Morgan fingerprint density at radius 3 is 2.80 bits per heavy atom. The number of benzene rings is 1. The van der Waals surface area contributed by atoms with Gasteiger partial charge in [-0.15, -0.1) is 0 Å². The van der Waals surface area contributed by atoms with E-state index in [0.29, 0.717) is 6.42 Å². The number of fused-ring (bicyclic) bond motifs is 1. The first-order valence-electron chi connectivity index (χ1n) is 5.20. The van der Waals surface area contributed by atoms with Gasteiger partial charge in [-0.2, -0.15) is 0 Å². The van der Waals surface area contributed by atoms with Gasteiger partial charge in [0, 0.05) is 3.57 Å². The predicted molar refractivity (Wildman–Crippen MR) is 65.3 cm³/mol. The van der Waals surface area contributed by atoms with E-state index in [1.165, 1.54) is 6.42 Å². The van der Waals surface area contributed by atoms with Gasteiger partial charge in [-0.1, -0.05) is 0 Å². The third kappa shape index (κ3) is 1.48. The van der Waals surface area contributed by atoms with Crippen LogP contribution in [0.25, 0.3) is 0 Å². The van der Waals surface area contributed by atoms with E-state index in [-0.39, 0.29) is 11.4 Å². The van der Waals surface area contributed by atoms with Crippen LogP contribution in [-0.4, -0.2) is 11.4 Å². The second-order valence-electron chi connectivity index (χ2n) is 4.38. The Bertz CT molecular complexity index is 435. The monoisotopic (exact) mass is 314 g/mol. The zero-order chi connectivity index (χ0) is 10.5. The number of halogens is 1. The Balaban J connectivity index is 2.05. The fraction of sp³-hybridized carbons (Fsp3) is 0.417. The van der Waals surface area contributed by atoms with Gasteiger partial charge in [-0.05, 0) is 60.1 Å². The number of ether oxygens (including phenoxy) is 1. The summed E-state index contributed by atoms with van der Waals surface area (Å²) >= 11 is 2.24. The Labute approximate surface area is 102 Å². The molecule has 1 fully saturated rings. The fourth-order valence-corrected chi connectivity index (χ4v) is 2.78. The van der Waals surface area contributed by atoms with E-state index in [0.717, 1.165) is 27.7 Å². The third-order valence-corrected chi connectivity index (χ3v) is 3.99. The number of carbonyl (C=O) groups excluding carboxylic acids is 1. The van der Waals surface area contributed by atoms with Crippen LogP contribution < -0.4 is 4.74 Å². The standard InChI is InChI=1S/C12H11IO2/c13-8-2-3-9-10(14)7-12(4-1-5-12)15-11(9)6-8/h2-3,6H,1,4-5,7H2. The van der Waals surface area contributed by atoms with Gasteiger partial charge >= 0.3 is 0 Å². The van der Waals surface area contributed by atoms with Crippen molar-refractivity contribution in [2.45, 2.75) is 31.3 Å². The minimum Gasteiger partial charge on any atom is -0.486 e. The summed E-state index contributed by atoms with van der Waals surface area (Å²) in [4.78, 5) is 11.9. The smallest absolute Gasteiger partial charge is 0.170 e. The van der Waals surface area contributed by atoms with Crippen molar-refractivity contribution in [1.29, 1.82) is 0 Å². The molecule has 1 spiro atoms. The molecular weight excluding hydrogens is 303 g/mol. The van der Waals surface area contributed by atoms with Crippen LogP contribution in [0.1, 0.15) is 36.0 Å². The van der Waals surface area contributed by atoms with Gasteiger partial charge in [0.05, 0.1) is 12.0 Å². The van der Waals surface area contributed by atoms with E-state index in [1.807, 2.05) is 18.2 Å². The van der Waals surface area contributed by atoms with E-state index < -0.39 is 0 Å². The van der Waals surface area contributed by atoms with Crippen molar-refractivity contribution >= 4 is 28.4 Å². The molecule has 3 rings (SSSR count). The lowest BCUT2D eigenvalue weighted by Crippen LogP contribution is -2.47. The van der Waals surface area contributed by atoms with Crippen molar-refractivity contribution in [2.24, 2.45) is 0 Å². The van der Waals surface area contributed by atoms with Crippen LogP contribution in [0.15, 0.2) is 18.2 Å². The zero-order valence-electron chi connectivity index (χ0n) is 8.25. The molecule has 15 heavy (non-hydrogen) atoms. The molecule has 0 N–H and O–H groups in total. The summed E-state index contributed by atoms with van der Waals surface area (Å²) in [5.74, 6) is 1.03. The highest BCUT2D eigenvalue weighted by atomic mass is 127. The van der Waals surface area contributed by atoms with Crippen LogP contribution in [0.3, 0.4) is 0 Å². The summed E-state index contributed by atoms with van der Waals surface area (Å²) in [6.07, 6.45) is 3.82. The molecule has 0 bridgehead atoms. The van der Waals surface area contributed by atoms with Crippen LogP contribution in [-0.2, 0) is 0 Å². The number of hydrogen-bond donors (Lipinski definition) is 0. The van der Waals surface area contributed by atoms with Crippen LogP contribution in [0.5, 0.6) is 5.75 Å². The molecule has 3 heteroatoms. The van der Waals surface area contributed by atoms with Crippen LogP contribution in [0, 0.1) is 3.57 Å². The highest BCUT2D eigenvalue weighted by Crippen LogP contribution is 2.44. The quantitative estimate of drug-likeness (QED) is 0.688. The fourth-order valence-electron chi connectivity index (χ4n) is 2.32. The Morgan fingerprint density at radius 2 is 2.13 bits per heavy atom. The van der Waals surface area contributed by atoms with E-state index in [9.17, 15) is 4.79 Å². The van der Waals surface area contributed by atoms with Gasteiger partial charge < -0.3 is 4.74 Å². The first kappa shape index (κ1) is 9.63. The van der Waals surface area contributed by atoms with Crippen molar-refractivity contribution < 1.29 is 9.53 Å². The number of hydrogen-bond acceptors (Lipinski definition) is 2.